The third-order valence-corrected chi connectivity index (χ3v) is 1.14. The Morgan fingerprint density at radius 3 is 2.73 bits per heavy atom. The van der Waals surface area contributed by atoms with E-state index >= 15 is 0 Å². The standard InChI is InChI=1S/C5H7F2N3O/c6-5(7)4(11)3-10-2-1-8-9-10/h1-2,4-5,11H,3H2. The molecular formula is C5H7F2N3O. The van der Waals surface area contributed by atoms with Crippen molar-refractivity contribution in [2.75, 3.05) is 0 Å². The number of hydrogen-bond acceptors (Lipinski definition) is 3. The topological polar surface area (TPSA) is 50.9 Å². The first kappa shape index (κ1) is 8.06. The molecule has 0 bridgehead atoms. The zero-order chi connectivity index (χ0) is 8.27. The summed E-state index contributed by atoms with van der Waals surface area (Å²) in [5, 5.41) is 15.5. The maximum atomic E-state index is 11.7. The Hall–Kier alpha value is -1.04. The van der Waals surface area contributed by atoms with Crippen molar-refractivity contribution in [3.8, 4) is 0 Å². The quantitative estimate of drug-likeness (QED) is 0.677. The van der Waals surface area contributed by atoms with E-state index in [0.29, 0.717) is 0 Å². The van der Waals surface area contributed by atoms with Crippen molar-refractivity contribution < 1.29 is 13.9 Å². The molecule has 1 rings (SSSR count). The number of hydrogen-bond donors (Lipinski definition) is 1. The van der Waals surface area contributed by atoms with Crippen LogP contribution in [0.5, 0.6) is 0 Å². The van der Waals surface area contributed by atoms with Gasteiger partial charge in [0.2, 0.25) is 0 Å². The fraction of sp³-hybridized carbons (Fsp3) is 0.600. The highest BCUT2D eigenvalue weighted by molar-refractivity contribution is 4.67. The van der Waals surface area contributed by atoms with Gasteiger partial charge in [-0.1, -0.05) is 5.21 Å². The van der Waals surface area contributed by atoms with Gasteiger partial charge in [-0.15, -0.1) is 5.10 Å². The predicted molar refractivity (Wildman–Crippen MR) is 32.0 cm³/mol. The van der Waals surface area contributed by atoms with Crippen LogP contribution in [0.1, 0.15) is 0 Å². The number of nitrogens with zero attached hydrogens (tertiary/aromatic N) is 3. The molecule has 4 nitrogen and oxygen atoms in total. The molecular weight excluding hydrogens is 156 g/mol. The summed E-state index contributed by atoms with van der Waals surface area (Å²) in [5.74, 6) is 0. The maximum Gasteiger partial charge on any atom is 0.265 e. The van der Waals surface area contributed by atoms with Gasteiger partial charge in [0.05, 0.1) is 12.7 Å². The van der Waals surface area contributed by atoms with Gasteiger partial charge in [-0.05, 0) is 0 Å². The smallest absolute Gasteiger partial charge is 0.265 e. The molecule has 0 fully saturated rings. The number of aliphatic hydroxyl groups excluding tert-OH is 1. The third-order valence-electron chi connectivity index (χ3n) is 1.14. The lowest BCUT2D eigenvalue weighted by molar-refractivity contribution is -0.0156. The van der Waals surface area contributed by atoms with Gasteiger partial charge in [-0.25, -0.2) is 13.5 Å². The zero-order valence-corrected chi connectivity index (χ0v) is 5.56. The second kappa shape index (κ2) is 3.38. The lowest BCUT2D eigenvalue weighted by atomic mass is 10.4. The van der Waals surface area contributed by atoms with E-state index in [1.165, 1.54) is 12.4 Å². The summed E-state index contributed by atoms with van der Waals surface area (Å²) in [7, 11) is 0. The SMILES string of the molecule is OC(Cn1ccnn1)C(F)F. The average molecular weight is 163 g/mol. The lowest BCUT2D eigenvalue weighted by Crippen LogP contribution is -2.24. The predicted octanol–water partition coefficient (Wildman–Crippen LogP) is -0.0959. The van der Waals surface area contributed by atoms with Crippen LogP contribution in [-0.2, 0) is 6.54 Å². The van der Waals surface area contributed by atoms with Crippen molar-refractivity contribution in [2.24, 2.45) is 0 Å². The molecule has 6 heteroatoms. The summed E-state index contributed by atoms with van der Waals surface area (Å²) in [4.78, 5) is 0. The number of halogens is 2. The van der Waals surface area contributed by atoms with Gasteiger partial charge in [0.25, 0.3) is 6.43 Å². The first-order valence-corrected chi connectivity index (χ1v) is 3.00. The molecule has 1 N–H and O–H groups in total. The summed E-state index contributed by atoms with van der Waals surface area (Å²) in [6.07, 6.45) is -1.64. The Morgan fingerprint density at radius 1 is 1.55 bits per heavy atom. The Balaban J connectivity index is 2.43. The summed E-state index contributed by atoms with van der Waals surface area (Å²) in [5.41, 5.74) is 0. The largest absolute Gasteiger partial charge is 0.385 e. The molecule has 0 saturated heterocycles. The van der Waals surface area contributed by atoms with E-state index in [9.17, 15) is 8.78 Å². The Bertz CT molecular complexity index is 202. The molecule has 1 heterocycles. The van der Waals surface area contributed by atoms with E-state index in [1.54, 1.807) is 0 Å². The van der Waals surface area contributed by atoms with Crippen molar-refractivity contribution in [1.82, 2.24) is 15.0 Å². The maximum absolute atomic E-state index is 11.7. The van der Waals surface area contributed by atoms with E-state index in [-0.39, 0.29) is 6.54 Å². The Labute approximate surface area is 61.4 Å². The van der Waals surface area contributed by atoms with E-state index in [1.807, 2.05) is 0 Å². The highest BCUT2D eigenvalue weighted by Crippen LogP contribution is 2.01. The highest BCUT2D eigenvalue weighted by Gasteiger charge is 2.16. The van der Waals surface area contributed by atoms with Gasteiger partial charge in [0.15, 0.2) is 0 Å². The molecule has 1 atom stereocenters. The summed E-state index contributed by atoms with van der Waals surface area (Å²) < 4.78 is 24.6. The number of alkyl halides is 2. The molecule has 11 heavy (non-hydrogen) atoms. The van der Waals surface area contributed by atoms with Crippen LogP contribution in [0.3, 0.4) is 0 Å². The first-order valence-electron chi connectivity index (χ1n) is 3.00. The van der Waals surface area contributed by atoms with Gasteiger partial charge < -0.3 is 5.11 Å². The summed E-state index contributed by atoms with van der Waals surface area (Å²) in [6.45, 7) is -0.225. The van der Waals surface area contributed by atoms with Crippen LogP contribution in [0.15, 0.2) is 12.4 Å². The molecule has 0 aliphatic heterocycles. The molecule has 1 aromatic rings. The van der Waals surface area contributed by atoms with Crippen LogP contribution in [0, 0.1) is 0 Å². The summed E-state index contributed by atoms with van der Waals surface area (Å²) in [6, 6.07) is 0. The number of rotatable bonds is 3. The molecule has 0 amide bonds. The molecule has 0 spiro atoms. The number of aromatic nitrogens is 3. The van der Waals surface area contributed by atoms with E-state index in [4.69, 9.17) is 5.11 Å². The van der Waals surface area contributed by atoms with Crippen LogP contribution < -0.4 is 0 Å². The molecule has 62 valence electrons. The van der Waals surface area contributed by atoms with Gasteiger partial charge in [-0.2, -0.15) is 0 Å². The minimum Gasteiger partial charge on any atom is -0.385 e. The van der Waals surface area contributed by atoms with Crippen molar-refractivity contribution in [3.63, 3.8) is 0 Å². The van der Waals surface area contributed by atoms with Gasteiger partial charge >= 0.3 is 0 Å². The van der Waals surface area contributed by atoms with Gasteiger partial charge in [0, 0.05) is 6.20 Å². The van der Waals surface area contributed by atoms with Crippen LogP contribution in [0.25, 0.3) is 0 Å². The molecule has 1 aromatic heterocycles. The fourth-order valence-electron chi connectivity index (χ4n) is 0.601. The van der Waals surface area contributed by atoms with Crippen LogP contribution in [-0.4, -0.2) is 32.6 Å². The summed E-state index contributed by atoms with van der Waals surface area (Å²) >= 11 is 0. The van der Waals surface area contributed by atoms with E-state index in [0.717, 1.165) is 4.68 Å². The molecule has 0 aromatic carbocycles. The molecule has 1 unspecified atom stereocenters. The average Bonchev–Trinajstić information content (AvgIpc) is 2.39. The van der Waals surface area contributed by atoms with Crippen molar-refractivity contribution in [3.05, 3.63) is 12.4 Å². The monoisotopic (exact) mass is 163 g/mol. The molecule has 0 aliphatic rings. The molecule has 0 radical (unpaired) electrons. The molecule has 0 aliphatic carbocycles. The Kier molecular flexibility index (Phi) is 2.48. The van der Waals surface area contributed by atoms with Crippen molar-refractivity contribution in [1.29, 1.82) is 0 Å². The van der Waals surface area contributed by atoms with Crippen molar-refractivity contribution >= 4 is 0 Å². The minimum atomic E-state index is -2.74. The van der Waals surface area contributed by atoms with Crippen LogP contribution in [0.4, 0.5) is 8.78 Å². The van der Waals surface area contributed by atoms with Crippen LogP contribution >= 0.6 is 0 Å². The number of aliphatic hydroxyl groups is 1. The second-order valence-electron chi connectivity index (χ2n) is 2.03. The Morgan fingerprint density at radius 2 is 2.27 bits per heavy atom. The fourth-order valence-corrected chi connectivity index (χ4v) is 0.601. The van der Waals surface area contributed by atoms with E-state index < -0.39 is 12.5 Å². The van der Waals surface area contributed by atoms with Gasteiger partial charge in [-0.3, -0.25) is 0 Å². The first-order chi connectivity index (χ1) is 5.20. The third kappa shape index (κ3) is 2.23. The van der Waals surface area contributed by atoms with Gasteiger partial charge in [0.1, 0.15) is 6.10 Å². The normalized spacial score (nSPS) is 13.8. The zero-order valence-electron chi connectivity index (χ0n) is 5.56. The second-order valence-corrected chi connectivity index (χ2v) is 2.03. The van der Waals surface area contributed by atoms with Crippen LogP contribution in [0.2, 0.25) is 0 Å². The molecule has 0 saturated carbocycles. The van der Waals surface area contributed by atoms with Crippen molar-refractivity contribution in [2.45, 2.75) is 19.1 Å². The minimum absolute atomic E-state index is 0.225. The van der Waals surface area contributed by atoms with E-state index in [2.05, 4.69) is 10.3 Å². The highest BCUT2D eigenvalue weighted by atomic mass is 19.3. The lowest BCUT2D eigenvalue weighted by Gasteiger charge is -2.07.